The van der Waals surface area contributed by atoms with Crippen molar-refractivity contribution in [2.24, 2.45) is 11.8 Å². The molecule has 0 amide bonds. The van der Waals surface area contributed by atoms with Crippen LogP contribution in [0.3, 0.4) is 0 Å². The summed E-state index contributed by atoms with van der Waals surface area (Å²) in [6, 6.07) is 1.16. The molecule has 20 heteroatoms. The first-order valence-corrected chi connectivity index (χ1v) is 27.0. The Kier molecular flexibility index (Phi) is 49.7. The number of rotatable bonds is 42. The van der Waals surface area contributed by atoms with Crippen molar-refractivity contribution < 1.29 is 81.6 Å². The molecular weight excluding hydrogens is 951 g/mol. The summed E-state index contributed by atoms with van der Waals surface area (Å²) in [5.41, 5.74) is 0. The third kappa shape index (κ3) is 42.4. The monoisotopic (exact) mass is 1050 g/mol. The first kappa shape index (κ1) is 71.6. The average Bonchev–Trinajstić information content (AvgIpc) is 3.36. The minimum absolute atomic E-state index is 0.0219. The molecule has 2 atom stereocenters. The largest absolute Gasteiger partial charge is 0.466 e. The highest BCUT2D eigenvalue weighted by atomic mass is 16.6. The molecule has 1 rings (SSSR count). The number of likely N-dealkylation sites (N-methyl/N-ethyl adjacent to an activating group) is 1. The van der Waals surface area contributed by atoms with Gasteiger partial charge in [0.15, 0.2) is 0 Å². The standard InChI is InChI=1S/C21H41NO5.C17H31NO7.C15H29NO5/c1-18(2)22(19(3)4)14-10-6-7-11-15-26-20(23)12-8-9-13-21(24)27-17-16-25-5;1-23-12-13-25-17(22)15-5-3-2-4-14(15)16(21)24-11-8-18(6-9-19)7-10-20;1-4-16(5-2)10-11-20-14(17)8-6-7-9-15(18)21-13-12-19-3/h18-19H,6-17H2,1-5H3;14-15,19-20H,2-13H2,1H3;4-13H2,1-3H3. The minimum atomic E-state index is -0.465. The molecule has 0 bridgehead atoms. The molecule has 430 valence electrons. The Morgan fingerprint density at radius 1 is 0.425 bits per heavy atom. The van der Waals surface area contributed by atoms with Crippen molar-refractivity contribution in [3.8, 4) is 0 Å². The number of aliphatic hydroxyl groups is 2. The molecule has 0 heterocycles. The van der Waals surface area contributed by atoms with Crippen LogP contribution < -0.4 is 0 Å². The summed E-state index contributed by atoms with van der Waals surface area (Å²) in [5.74, 6) is -2.52. The van der Waals surface area contributed by atoms with Gasteiger partial charge in [0, 0.05) is 85.3 Å². The topological polar surface area (TPSA) is 236 Å². The third-order valence-corrected chi connectivity index (χ3v) is 12.0. The predicted octanol–water partition coefficient (Wildman–Crippen LogP) is 5.39. The SMILES string of the molecule is CCN(CC)CCOC(=O)CCCCC(=O)OCCOC.COCCOC(=O)C1CCCCC1C(=O)OCCN(CCO)CCO.COCCOC(=O)CCCCC(=O)OCCCCCCN(C(C)C)C(C)C. The van der Waals surface area contributed by atoms with E-state index in [4.69, 9.17) is 52.8 Å². The predicted molar refractivity (Wildman–Crippen MR) is 278 cm³/mol. The summed E-state index contributed by atoms with van der Waals surface area (Å²) < 4.78 is 45.2. The van der Waals surface area contributed by atoms with Crippen molar-refractivity contribution in [1.29, 1.82) is 0 Å². The zero-order valence-electron chi connectivity index (χ0n) is 46.7. The minimum Gasteiger partial charge on any atom is -0.466 e. The third-order valence-electron chi connectivity index (χ3n) is 12.0. The van der Waals surface area contributed by atoms with Crippen molar-refractivity contribution in [3.05, 3.63) is 0 Å². The van der Waals surface area contributed by atoms with E-state index in [0.29, 0.717) is 129 Å². The van der Waals surface area contributed by atoms with Gasteiger partial charge in [-0.3, -0.25) is 38.6 Å². The van der Waals surface area contributed by atoms with E-state index in [0.717, 1.165) is 51.9 Å². The lowest BCUT2D eigenvalue weighted by Gasteiger charge is -2.30. The van der Waals surface area contributed by atoms with Crippen molar-refractivity contribution in [1.82, 2.24) is 14.7 Å². The van der Waals surface area contributed by atoms with E-state index in [9.17, 15) is 28.8 Å². The highest BCUT2D eigenvalue weighted by molar-refractivity contribution is 5.82. The van der Waals surface area contributed by atoms with Crippen LogP contribution in [0.1, 0.15) is 144 Å². The molecule has 0 aromatic heterocycles. The fourth-order valence-corrected chi connectivity index (χ4v) is 7.75. The lowest BCUT2D eigenvalue weighted by molar-refractivity contribution is -0.163. The Bertz CT molecular complexity index is 1360. The number of methoxy groups -OCH3 is 3. The second kappa shape index (κ2) is 50.6. The summed E-state index contributed by atoms with van der Waals surface area (Å²) in [6.07, 6.45) is 11.4. The summed E-state index contributed by atoms with van der Waals surface area (Å²) in [5, 5.41) is 17.9. The summed E-state index contributed by atoms with van der Waals surface area (Å²) >= 11 is 0. The first-order chi connectivity index (χ1) is 35.1. The summed E-state index contributed by atoms with van der Waals surface area (Å²) in [7, 11) is 4.65. The number of esters is 6. The molecule has 1 fully saturated rings. The number of hydrogen-bond donors (Lipinski definition) is 2. The fraction of sp³-hybridized carbons (Fsp3) is 0.887. The molecule has 0 aliphatic heterocycles. The van der Waals surface area contributed by atoms with Crippen LogP contribution in [-0.4, -0.2) is 213 Å². The molecule has 0 spiro atoms. The van der Waals surface area contributed by atoms with Crippen molar-refractivity contribution in [2.75, 3.05) is 140 Å². The van der Waals surface area contributed by atoms with Crippen LogP contribution in [0.4, 0.5) is 0 Å². The second-order valence-electron chi connectivity index (χ2n) is 18.3. The molecule has 1 aliphatic rings. The maximum Gasteiger partial charge on any atom is 0.309 e. The van der Waals surface area contributed by atoms with Gasteiger partial charge in [0.25, 0.3) is 0 Å². The highest BCUT2D eigenvalue weighted by Gasteiger charge is 2.38. The van der Waals surface area contributed by atoms with E-state index >= 15 is 0 Å². The Morgan fingerprint density at radius 3 is 1.18 bits per heavy atom. The van der Waals surface area contributed by atoms with Gasteiger partial charge in [0.1, 0.15) is 33.0 Å². The van der Waals surface area contributed by atoms with Crippen molar-refractivity contribution >= 4 is 35.8 Å². The molecule has 0 aromatic carbocycles. The average molecular weight is 1050 g/mol. The Labute approximate surface area is 439 Å². The molecule has 1 saturated carbocycles. The Hall–Kier alpha value is -3.50. The zero-order chi connectivity index (χ0) is 54.9. The number of nitrogens with zero attached hydrogens (tertiary/aromatic N) is 3. The van der Waals surface area contributed by atoms with E-state index in [1.807, 2.05) is 4.90 Å². The Balaban J connectivity index is 0. The first-order valence-electron chi connectivity index (χ1n) is 27.0. The van der Waals surface area contributed by atoms with Crippen LogP contribution in [0.5, 0.6) is 0 Å². The van der Waals surface area contributed by atoms with E-state index in [1.54, 1.807) is 14.2 Å². The van der Waals surface area contributed by atoms with Crippen LogP contribution in [0.15, 0.2) is 0 Å². The summed E-state index contributed by atoms with van der Waals surface area (Å²) in [6.45, 7) is 21.1. The lowest BCUT2D eigenvalue weighted by atomic mass is 9.79. The van der Waals surface area contributed by atoms with E-state index < -0.39 is 11.8 Å². The van der Waals surface area contributed by atoms with Gasteiger partial charge in [-0.25, -0.2) is 0 Å². The smallest absolute Gasteiger partial charge is 0.309 e. The van der Waals surface area contributed by atoms with Gasteiger partial charge in [-0.15, -0.1) is 0 Å². The maximum atomic E-state index is 12.4. The second-order valence-corrected chi connectivity index (χ2v) is 18.3. The Morgan fingerprint density at radius 2 is 0.781 bits per heavy atom. The molecule has 73 heavy (non-hydrogen) atoms. The molecule has 2 N–H and O–H groups in total. The molecule has 2 unspecified atom stereocenters. The van der Waals surface area contributed by atoms with Gasteiger partial charge in [-0.2, -0.15) is 0 Å². The molecular formula is C53H101N3O17. The van der Waals surface area contributed by atoms with Crippen LogP contribution in [0.25, 0.3) is 0 Å². The van der Waals surface area contributed by atoms with Crippen molar-refractivity contribution in [3.63, 3.8) is 0 Å². The van der Waals surface area contributed by atoms with Crippen LogP contribution >= 0.6 is 0 Å². The van der Waals surface area contributed by atoms with Crippen LogP contribution in [0, 0.1) is 11.8 Å². The number of ether oxygens (including phenoxy) is 9. The van der Waals surface area contributed by atoms with Gasteiger partial charge < -0.3 is 57.7 Å². The van der Waals surface area contributed by atoms with E-state index in [-0.39, 0.29) is 75.5 Å². The van der Waals surface area contributed by atoms with E-state index in [2.05, 4.69) is 51.3 Å². The van der Waals surface area contributed by atoms with Crippen molar-refractivity contribution in [2.45, 2.75) is 156 Å². The van der Waals surface area contributed by atoms with Gasteiger partial charge in [-0.1, -0.05) is 39.5 Å². The van der Waals surface area contributed by atoms with Crippen LogP contribution in [-0.2, 0) is 71.4 Å². The van der Waals surface area contributed by atoms with Gasteiger partial charge in [-0.05, 0) is 98.7 Å². The number of aliphatic hydroxyl groups excluding tert-OH is 2. The maximum absolute atomic E-state index is 12.4. The summed E-state index contributed by atoms with van der Waals surface area (Å²) in [4.78, 5) is 76.9. The van der Waals surface area contributed by atoms with Gasteiger partial charge in [0.05, 0.1) is 51.5 Å². The molecule has 0 saturated heterocycles. The lowest BCUT2D eigenvalue weighted by Crippen LogP contribution is -2.37. The van der Waals surface area contributed by atoms with Crippen LogP contribution in [0.2, 0.25) is 0 Å². The fourth-order valence-electron chi connectivity index (χ4n) is 7.75. The van der Waals surface area contributed by atoms with E-state index in [1.165, 1.54) is 20.0 Å². The number of unbranched alkanes of at least 4 members (excludes halogenated alkanes) is 5. The molecule has 20 nitrogen and oxygen atoms in total. The number of carbonyl (C=O) groups excluding carboxylic acids is 6. The molecule has 1 aliphatic carbocycles. The normalized spacial score (nSPS) is 14.3. The molecule has 0 radical (unpaired) electrons. The highest BCUT2D eigenvalue weighted by Crippen LogP contribution is 2.32. The van der Waals surface area contributed by atoms with Gasteiger partial charge in [0.2, 0.25) is 0 Å². The quantitative estimate of drug-likeness (QED) is 0.0443. The zero-order valence-corrected chi connectivity index (χ0v) is 46.7. The van der Waals surface area contributed by atoms with Gasteiger partial charge >= 0.3 is 35.8 Å². The number of hydrogen-bond acceptors (Lipinski definition) is 20. The molecule has 0 aromatic rings. The number of carbonyl (C=O) groups is 6.